The molecule has 2 aromatic carbocycles. The molecule has 0 aliphatic carbocycles. The lowest BCUT2D eigenvalue weighted by molar-refractivity contribution is 0.369. The van der Waals surface area contributed by atoms with Gasteiger partial charge in [0.2, 0.25) is 0 Å². The maximum Gasteiger partial charge on any atom is 0.174 e. The van der Waals surface area contributed by atoms with E-state index in [1.165, 1.54) is 12.1 Å². The van der Waals surface area contributed by atoms with Crippen molar-refractivity contribution < 1.29 is 9.13 Å². The van der Waals surface area contributed by atoms with Crippen molar-refractivity contribution in [3.05, 3.63) is 54.3 Å². The summed E-state index contributed by atoms with van der Waals surface area (Å²) < 4.78 is 18.4. The van der Waals surface area contributed by atoms with Gasteiger partial charge in [0.15, 0.2) is 6.61 Å². The Balaban J connectivity index is 2.41. The second kappa shape index (κ2) is 5.13. The fraction of sp³-hybridized carbons (Fsp3) is 0.0714. The minimum Gasteiger partial charge on any atom is -0.478 e. The molecule has 0 unspecified atom stereocenters. The van der Waals surface area contributed by atoms with Gasteiger partial charge < -0.3 is 4.74 Å². The van der Waals surface area contributed by atoms with Gasteiger partial charge in [-0.1, -0.05) is 30.3 Å². The maximum atomic E-state index is 13.1. The van der Waals surface area contributed by atoms with Crippen LogP contribution in [0.2, 0.25) is 0 Å². The van der Waals surface area contributed by atoms with Crippen LogP contribution >= 0.6 is 0 Å². The number of nitriles is 1. The topological polar surface area (TPSA) is 33.0 Å². The van der Waals surface area contributed by atoms with E-state index in [0.29, 0.717) is 5.75 Å². The van der Waals surface area contributed by atoms with Gasteiger partial charge in [0.1, 0.15) is 17.6 Å². The normalized spacial score (nSPS) is 9.65. The highest BCUT2D eigenvalue weighted by Crippen LogP contribution is 2.29. The van der Waals surface area contributed by atoms with E-state index in [1.807, 2.05) is 24.3 Å². The van der Waals surface area contributed by atoms with Gasteiger partial charge in [-0.3, -0.25) is 0 Å². The average Bonchev–Trinajstić information content (AvgIpc) is 2.37. The number of halogens is 1. The second-order valence-corrected chi connectivity index (χ2v) is 3.45. The predicted molar refractivity (Wildman–Crippen MR) is 62.9 cm³/mol. The second-order valence-electron chi connectivity index (χ2n) is 3.45. The Morgan fingerprint density at radius 2 is 1.94 bits per heavy atom. The summed E-state index contributed by atoms with van der Waals surface area (Å²) in [6.07, 6.45) is 0. The highest BCUT2D eigenvalue weighted by atomic mass is 19.1. The molecule has 0 saturated carbocycles. The number of ether oxygens (including phenoxy) is 1. The standard InChI is InChI=1S/C14H10FNO/c15-12-5-3-4-11(10-12)13-6-1-2-7-14(13)17-9-8-16/h1-7,10H,9H2. The number of benzene rings is 2. The third kappa shape index (κ3) is 2.61. The van der Waals surface area contributed by atoms with E-state index in [-0.39, 0.29) is 12.4 Å². The number of nitrogens with zero attached hydrogens (tertiary/aromatic N) is 1. The molecule has 2 rings (SSSR count). The molecule has 0 fully saturated rings. The lowest BCUT2D eigenvalue weighted by Gasteiger charge is -2.09. The molecule has 3 heteroatoms. The van der Waals surface area contributed by atoms with Crippen molar-refractivity contribution in [3.8, 4) is 22.9 Å². The van der Waals surface area contributed by atoms with Gasteiger partial charge in [-0.05, 0) is 23.8 Å². The Hall–Kier alpha value is -2.34. The van der Waals surface area contributed by atoms with E-state index in [4.69, 9.17) is 10.00 Å². The van der Waals surface area contributed by atoms with E-state index in [9.17, 15) is 4.39 Å². The van der Waals surface area contributed by atoms with Crippen molar-refractivity contribution in [2.75, 3.05) is 6.61 Å². The molecule has 0 aromatic heterocycles. The van der Waals surface area contributed by atoms with Crippen LogP contribution in [0, 0.1) is 17.1 Å². The van der Waals surface area contributed by atoms with Crippen molar-refractivity contribution in [1.29, 1.82) is 5.26 Å². The van der Waals surface area contributed by atoms with Crippen molar-refractivity contribution in [2.45, 2.75) is 0 Å². The minimum absolute atomic E-state index is 0.0215. The Bertz CT molecular complexity index is 560. The maximum absolute atomic E-state index is 13.1. The summed E-state index contributed by atoms with van der Waals surface area (Å²) in [5, 5.41) is 8.50. The molecule has 0 aliphatic rings. The zero-order valence-corrected chi connectivity index (χ0v) is 9.06. The van der Waals surface area contributed by atoms with Gasteiger partial charge in [0, 0.05) is 5.56 Å². The summed E-state index contributed by atoms with van der Waals surface area (Å²) in [5.74, 6) is 0.289. The lowest BCUT2D eigenvalue weighted by Crippen LogP contribution is -1.95. The van der Waals surface area contributed by atoms with Gasteiger partial charge in [-0.15, -0.1) is 0 Å². The monoisotopic (exact) mass is 227 g/mol. The summed E-state index contributed by atoms with van der Waals surface area (Å²) in [7, 11) is 0. The van der Waals surface area contributed by atoms with Crippen molar-refractivity contribution >= 4 is 0 Å². The Kier molecular flexibility index (Phi) is 3.37. The molecule has 0 N–H and O–H groups in total. The summed E-state index contributed by atoms with van der Waals surface area (Å²) in [4.78, 5) is 0. The van der Waals surface area contributed by atoms with E-state index in [0.717, 1.165) is 11.1 Å². The third-order valence-electron chi connectivity index (χ3n) is 2.31. The van der Waals surface area contributed by atoms with Gasteiger partial charge in [-0.2, -0.15) is 5.26 Å². The predicted octanol–water partition coefficient (Wildman–Crippen LogP) is 3.40. The van der Waals surface area contributed by atoms with Crippen LogP contribution in [0.4, 0.5) is 4.39 Å². The Labute approximate surface area is 98.9 Å². The molecule has 0 heterocycles. The van der Waals surface area contributed by atoms with E-state index in [1.54, 1.807) is 18.2 Å². The number of hydrogen-bond acceptors (Lipinski definition) is 2. The zero-order chi connectivity index (χ0) is 12.1. The van der Waals surface area contributed by atoms with Crippen LogP contribution in [0.5, 0.6) is 5.75 Å². The molecular formula is C14H10FNO. The molecule has 0 spiro atoms. The van der Waals surface area contributed by atoms with Crippen LogP contribution < -0.4 is 4.74 Å². The van der Waals surface area contributed by atoms with E-state index < -0.39 is 0 Å². The molecule has 0 radical (unpaired) electrons. The summed E-state index contributed by atoms with van der Waals surface area (Å²) in [6.45, 7) is -0.0215. The van der Waals surface area contributed by atoms with Crippen LogP contribution in [-0.4, -0.2) is 6.61 Å². The number of para-hydroxylation sites is 1. The van der Waals surface area contributed by atoms with Gasteiger partial charge in [0.25, 0.3) is 0 Å². The smallest absolute Gasteiger partial charge is 0.174 e. The summed E-state index contributed by atoms with van der Waals surface area (Å²) in [5.41, 5.74) is 1.51. The molecule has 84 valence electrons. The molecule has 0 atom stereocenters. The van der Waals surface area contributed by atoms with E-state index in [2.05, 4.69) is 0 Å². The minimum atomic E-state index is -0.294. The zero-order valence-electron chi connectivity index (χ0n) is 9.06. The highest BCUT2D eigenvalue weighted by molar-refractivity contribution is 5.70. The first-order valence-corrected chi connectivity index (χ1v) is 5.16. The first-order chi connectivity index (χ1) is 8.31. The highest BCUT2D eigenvalue weighted by Gasteiger charge is 2.05. The fourth-order valence-corrected chi connectivity index (χ4v) is 1.60. The number of rotatable bonds is 3. The average molecular weight is 227 g/mol. The number of hydrogen-bond donors (Lipinski definition) is 0. The van der Waals surface area contributed by atoms with Crippen molar-refractivity contribution in [3.63, 3.8) is 0 Å². The van der Waals surface area contributed by atoms with Gasteiger partial charge >= 0.3 is 0 Å². The summed E-state index contributed by atoms with van der Waals surface area (Å²) >= 11 is 0. The molecule has 2 nitrogen and oxygen atoms in total. The first-order valence-electron chi connectivity index (χ1n) is 5.16. The molecule has 0 amide bonds. The van der Waals surface area contributed by atoms with Crippen LogP contribution in [0.3, 0.4) is 0 Å². The quantitative estimate of drug-likeness (QED) is 0.805. The van der Waals surface area contributed by atoms with Crippen molar-refractivity contribution in [1.82, 2.24) is 0 Å². The van der Waals surface area contributed by atoms with Crippen LogP contribution in [0.15, 0.2) is 48.5 Å². The lowest BCUT2D eigenvalue weighted by atomic mass is 10.0. The Morgan fingerprint density at radius 1 is 1.12 bits per heavy atom. The van der Waals surface area contributed by atoms with E-state index >= 15 is 0 Å². The molecule has 0 aliphatic heterocycles. The van der Waals surface area contributed by atoms with Crippen LogP contribution in [-0.2, 0) is 0 Å². The molecule has 0 saturated heterocycles. The first kappa shape index (κ1) is 11.2. The summed E-state index contributed by atoms with van der Waals surface area (Å²) in [6, 6.07) is 15.4. The van der Waals surface area contributed by atoms with Gasteiger partial charge in [0.05, 0.1) is 0 Å². The van der Waals surface area contributed by atoms with Gasteiger partial charge in [-0.25, -0.2) is 4.39 Å². The molecule has 2 aromatic rings. The molecular weight excluding hydrogens is 217 g/mol. The Morgan fingerprint density at radius 3 is 2.71 bits per heavy atom. The molecule has 0 bridgehead atoms. The third-order valence-corrected chi connectivity index (χ3v) is 2.31. The largest absolute Gasteiger partial charge is 0.478 e. The van der Waals surface area contributed by atoms with Crippen LogP contribution in [0.25, 0.3) is 11.1 Å². The fourth-order valence-electron chi connectivity index (χ4n) is 1.60. The van der Waals surface area contributed by atoms with Crippen LogP contribution in [0.1, 0.15) is 0 Å². The van der Waals surface area contributed by atoms with Crippen molar-refractivity contribution in [2.24, 2.45) is 0 Å². The molecule has 17 heavy (non-hydrogen) atoms. The SMILES string of the molecule is N#CCOc1ccccc1-c1cccc(F)c1.